The molecule has 3 aromatic rings. The smallest absolute Gasteiger partial charge is 0.287 e. The van der Waals surface area contributed by atoms with Gasteiger partial charge in [0.05, 0.1) is 30.8 Å². The molecule has 1 aromatic heterocycles. The Bertz CT molecular complexity index is 1010. The molecule has 28 heavy (non-hydrogen) atoms. The Balaban J connectivity index is 1.79. The van der Waals surface area contributed by atoms with E-state index in [4.69, 9.17) is 4.74 Å². The molecule has 0 N–H and O–H groups in total. The third-order valence-corrected chi connectivity index (χ3v) is 5.88. The van der Waals surface area contributed by atoms with Crippen LogP contribution in [0.2, 0.25) is 0 Å². The van der Waals surface area contributed by atoms with E-state index in [1.807, 2.05) is 37.4 Å². The van der Waals surface area contributed by atoms with Crippen molar-refractivity contribution in [2.24, 2.45) is 0 Å². The van der Waals surface area contributed by atoms with Gasteiger partial charge in [0.2, 0.25) is 0 Å². The minimum Gasteiger partial charge on any atom is -0.378 e. The predicted molar refractivity (Wildman–Crippen MR) is 113 cm³/mol. The molecule has 1 saturated heterocycles. The normalized spacial score (nSPS) is 14.3. The molecule has 0 amide bonds. The van der Waals surface area contributed by atoms with E-state index < -0.39 is 0 Å². The highest BCUT2D eigenvalue weighted by atomic mass is 32.2. The first-order valence-electron chi connectivity index (χ1n) is 9.38. The summed E-state index contributed by atoms with van der Waals surface area (Å²) in [5.74, 6) is 0. The lowest BCUT2D eigenvalue weighted by molar-refractivity contribution is 0.122. The molecular formula is C22H23N3O2S. The summed E-state index contributed by atoms with van der Waals surface area (Å²) in [5.41, 5.74) is 3.90. The summed E-state index contributed by atoms with van der Waals surface area (Å²) in [7, 11) is 0. The molecule has 0 aliphatic carbocycles. The van der Waals surface area contributed by atoms with E-state index in [1.165, 1.54) is 22.0 Å². The van der Waals surface area contributed by atoms with Crippen molar-refractivity contribution in [3.05, 3.63) is 76.2 Å². The van der Waals surface area contributed by atoms with Gasteiger partial charge in [-0.3, -0.25) is 4.79 Å². The Labute approximate surface area is 169 Å². The second-order valence-corrected chi connectivity index (χ2v) is 8.01. The highest BCUT2D eigenvalue weighted by Gasteiger charge is 2.20. The molecule has 1 aliphatic heterocycles. The number of hydrogen-bond donors (Lipinski definition) is 0. The van der Waals surface area contributed by atoms with Gasteiger partial charge < -0.3 is 9.64 Å². The zero-order valence-corrected chi connectivity index (χ0v) is 16.9. The summed E-state index contributed by atoms with van der Waals surface area (Å²) in [4.78, 5) is 17.3. The van der Waals surface area contributed by atoms with E-state index >= 15 is 0 Å². The second kappa shape index (κ2) is 8.20. The lowest BCUT2D eigenvalue weighted by Crippen LogP contribution is -2.38. The number of morpholine rings is 1. The average molecular weight is 394 g/mol. The molecule has 6 heteroatoms. The van der Waals surface area contributed by atoms with Crippen LogP contribution in [0.5, 0.6) is 0 Å². The van der Waals surface area contributed by atoms with Crippen molar-refractivity contribution in [1.82, 2.24) is 9.78 Å². The van der Waals surface area contributed by atoms with Gasteiger partial charge in [-0.25, -0.2) is 0 Å². The SMILES string of the molecule is Cc1ccc(Sc2c(N3CCOCC3)cnn(-c3ccc(C)cc3)c2=O)cc1. The van der Waals surface area contributed by atoms with E-state index in [9.17, 15) is 4.79 Å². The van der Waals surface area contributed by atoms with Crippen LogP contribution in [0.25, 0.3) is 5.69 Å². The maximum absolute atomic E-state index is 13.4. The minimum atomic E-state index is -0.0987. The van der Waals surface area contributed by atoms with E-state index in [2.05, 4.69) is 41.2 Å². The van der Waals surface area contributed by atoms with Crippen LogP contribution in [0.15, 0.2) is 69.3 Å². The van der Waals surface area contributed by atoms with Gasteiger partial charge in [0.1, 0.15) is 4.90 Å². The van der Waals surface area contributed by atoms with Crippen LogP contribution in [0.3, 0.4) is 0 Å². The first kappa shape index (κ1) is 18.8. The Kier molecular flexibility index (Phi) is 5.50. The molecule has 0 radical (unpaired) electrons. The number of benzene rings is 2. The molecule has 2 aromatic carbocycles. The number of aryl methyl sites for hydroxylation is 2. The van der Waals surface area contributed by atoms with Crippen molar-refractivity contribution in [3.8, 4) is 5.69 Å². The zero-order chi connectivity index (χ0) is 19.5. The molecule has 4 rings (SSSR count). The van der Waals surface area contributed by atoms with Crippen molar-refractivity contribution in [1.29, 1.82) is 0 Å². The topological polar surface area (TPSA) is 47.4 Å². The van der Waals surface area contributed by atoms with Crippen LogP contribution in [0.1, 0.15) is 11.1 Å². The van der Waals surface area contributed by atoms with Gasteiger partial charge in [-0.2, -0.15) is 9.78 Å². The van der Waals surface area contributed by atoms with E-state index in [0.29, 0.717) is 18.1 Å². The summed E-state index contributed by atoms with van der Waals surface area (Å²) < 4.78 is 6.96. The lowest BCUT2D eigenvalue weighted by atomic mass is 10.2. The molecule has 0 bridgehead atoms. The highest BCUT2D eigenvalue weighted by Crippen LogP contribution is 2.33. The largest absolute Gasteiger partial charge is 0.378 e. The van der Waals surface area contributed by atoms with Gasteiger partial charge in [0.15, 0.2) is 0 Å². The third-order valence-electron chi connectivity index (χ3n) is 4.79. The molecule has 0 spiro atoms. The van der Waals surface area contributed by atoms with Crippen molar-refractivity contribution < 1.29 is 4.74 Å². The highest BCUT2D eigenvalue weighted by molar-refractivity contribution is 7.99. The first-order valence-corrected chi connectivity index (χ1v) is 10.2. The number of ether oxygens (including phenoxy) is 1. The van der Waals surface area contributed by atoms with Crippen LogP contribution in [-0.2, 0) is 4.74 Å². The first-order chi connectivity index (χ1) is 13.6. The van der Waals surface area contributed by atoms with Gasteiger partial charge in [-0.15, -0.1) is 0 Å². The summed E-state index contributed by atoms with van der Waals surface area (Å²) in [5, 5.41) is 4.48. The number of hydrogen-bond acceptors (Lipinski definition) is 5. The summed E-state index contributed by atoms with van der Waals surface area (Å²) >= 11 is 1.50. The Hall–Kier alpha value is -2.57. The number of nitrogens with zero attached hydrogens (tertiary/aromatic N) is 3. The minimum absolute atomic E-state index is 0.0987. The van der Waals surface area contributed by atoms with Crippen LogP contribution in [0, 0.1) is 13.8 Å². The van der Waals surface area contributed by atoms with Crippen LogP contribution < -0.4 is 10.5 Å². The third kappa shape index (κ3) is 3.98. The van der Waals surface area contributed by atoms with E-state index in [-0.39, 0.29) is 5.56 Å². The van der Waals surface area contributed by atoms with E-state index in [1.54, 1.807) is 0 Å². The van der Waals surface area contributed by atoms with Crippen LogP contribution >= 0.6 is 11.8 Å². The monoisotopic (exact) mass is 393 g/mol. The molecule has 2 heterocycles. The molecule has 144 valence electrons. The van der Waals surface area contributed by atoms with Gasteiger partial charge in [-0.1, -0.05) is 47.2 Å². The molecular weight excluding hydrogens is 370 g/mol. The number of aromatic nitrogens is 2. The number of anilines is 1. The second-order valence-electron chi connectivity index (χ2n) is 6.93. The van der Waals surface area contributed by atoms with Gasteiger partial charge in [0.25, 0.3) is 5.56 Å². The van der Waals surface area contributed by atoms with Crippen molar-refractivity contribution in [3.63, 3.8) is 0 Å². The molecule has 0 atom stereocenters. The maximum atomic E-state index is 13.4. The van der Waals surface area contributed by atoms with E-state index in [0.717, 1.165) is 34.9 Å². The summed E-state index contributed by atoms with van der Waals surface area (Å²) in [6, 6.07) is 16.1. The van der Waals surface area contributed by atoms with Gasteiger partial charge in [-0.05, 0) is 38.1 Å². The maximum Gasteiger partial charge on any atom is 0.287 e. The molecule has 0 unspecified atom stereocenters. The molecule has 1 fully saturated rings. The van der Waals surface area contributed by atoms with Crippen molar-refractivity contribution >= 4 is 17.4 Å². The zero-order valence-electron chi connectivity index (χ0n) is 16.1. The Morgan fingerprint density at radius 1 is 0.929 bits per heavy atom. The fourth-order valence-electron chi connectivity index (χ4n) is 3.15. The predicted octanol–water partition coefficient (Wildman–Crippen LogP) is 3.84. The standard InChI is InChI=1S/C22H23N3O2S/c1-16-3-7-18(8-4-16)25-22(26)21(28-19-9-5-17(2)6-10-19)20(15-23-25)24-11-13-27-14-12-24/h3-10,15H,11-14H2,1-2H3. The summed E-state index contributed by atoms with van der Waals surface area (Å²) in [6.07, 6.45) is 1.81. The Morgan fingerprint density at radius 3 is 2.18 bits per heavy atom. The fraction of sp³-hybridized carbons (Fsp3) is 0.273. The van der Waals surface area contributed by atoms with Crippen LogP contribution in [0.4, 0.5) is 5.69 Å². The van der Waals surface area contributed by atoms with Crippen LogP contribution in [-0.4, -0.2) is 36.1 Å². The number of rotatable bonds is 4. The fourth-order valence-corrected chi connectivity index (χ4v) is 4.12. The molecule has 0 saturated carbocycles. The average Bonchev–Trinajstić information content (AvgIpc) is 2.72. The lowest BCUT2D eigenvalue weighted by Gasteiger charge is -2.30. The van der Waals surface area contributed by atoms with Gasteiger partial charge >= 0.3 is 0 Å². The summed E-state index contributed by atoms with van der Waals surface area (Å²) in [6.45, 7) is 6.93. The molecule has 5 nitrogen and oxygen atoms in total. The molecule has 1 aliphatic rings. The van der Waals surface area contributed by atoms with Crippen molar-refractivity contribution in [2.75, 3.05) is 31.2 Å². The Morgan fingerprint density at radius 2 is 1.54 bits per heavy atom. The van der Waals surface area contributed by atoms with Gasteiger partial charge in [0, 0.05) is 18.0 Å². The van der Waals surface area contributed by atoms with Crippen molar-refractivity contribution in [2.45, 2.75) is 23.6 Å². The quantitative estimate of drug-likeness (QED) is 0.674.